The summed E-state index contributed by atoms with van der Waals surface area (Å²) in [5.41, 5.74) is 7.30. The van der Waals surface area contributed by atoms with E-state index >= 15 is 0 Å². The molecule has 3 rings (SSSR count). The average Bonchev–Trinajstić information content (AvgIpc) is 3.00. The predicted octanol–water partition coefficient (Wildman–Crippen LogP) is 1.72. The molecule has 2 saturated heterocycles. The Morgan fingerprint density at radius 1 is 1.32 bits per heavy atom. The highest BCUT2D eigenvalue weighted by atomic mass is 16.5. The maximum atomic E-state index is 11.8. The molecule has 1 aromatic rings. The van der Waals surface area contributed by atoms with Gasteiger partial charge in [0.05, 0.1) is 18.2 Å². The Labute approximate surface area is 112 Å². The van der Waals surface area contributed by atoms with E-state index in [-0.39, 0.29) is 18.1 Å². The van der Waals surface area contributed by atoms with Crippen molar-refractivity contribution in [2.24, 2.45) is 0 Å². The van der Waals surface area contributed by atoms with Crippen LogP contribution in [0.2, 0.25) is 0 Å². The minimum absolute atomic E-state index is 0.0574. The monoisotopic (exact) mass is 258 g/mol. The summed E-state index contributed by atoms with van der Waals surface area (Å²) in [7, 11) is 0. The van der Waals surface area contributed by atoms with Crippen molar-refractivity contribution in [3.05, 3.63) is 35.9 Å². The molecule has 1 amide bonds. The number of nitrogen functional groups attached to an aromatic ring is 1. The number of amides is 1. The number of anilines is 1. The van der Waals surface area contributed by atoms with Crippen molar-refractivity contribution in [1.82, 2.24) is 5.32 Å². The average molecular weight is 258 g/mol. The summed E-state index contributed by atoms with van der Waals surface area (Å²) in [5, 5.41) is 3.02. The fourth-order valence-corrected chi connectivity index (χ4v) is 2.80. The second-order valence-corrected chi connectivity index (χ2v) is 5.22. The molecule has 0 saturated carbocycles. The van der Waals surface area contributed by atoms with E-state index in [0.717, 1.165) is 30.5 Å². The summed E-state index contributed by atoms with van der Waals surface area (Å²) in [6, 6.07) is 7.60. The second kappa shape index (κ2) is 5.05. The van der Waals surface area contributed by atoms with Crippen LogP contribution in [0.4, 0.5) is 5.69 Å². The van der Waals surface area contributed by atoms with Crippen LogP contribution in [0.25, 0.3) is 6.08 Å². The molecule has 0 aliphatic carbocycles. The fraction of sp³-hybridized carbons (Fsp3) is 0.400. The van der Waals surface area contributed by atoms with Gasteiger partial charge in [-0.25, -0.2) is 0 Å². The first kappa shape index (κ1) is 12.2. The molecule has 0 radical (unpaired) electrons. The number of rotatable bonds is 3. The van der Waals surface area contributed by atoms with Gasteiger partial charge >= 0.3 is 0 Å². The summed E-state index contributed by atoms with van der Waals surface area (Å²) in [5.74, 6) is -0.0574. The Morgan fingerprint density at radius 3 is 2.74 bits per heavy atom. The lowest BCUT2D eigenvalue weighted by molar-refractivity contribution is -0.117. The maximum Gasteiger partial charge on any atom is 0.244 e. The maximum absolute atomic E-state index is 11.8. The first-order valence-corrected chi connectivity index (χ1v) is 6.70. The molecule has 2 heterocycles. The first-order chi connectivity index (χ1) is 9.20. The van der Waals surface area contributed by atoms with E-state index in [1.54, 1.807) is 12.2 Å². The molecule has 4 heteroatoms. The number of hydrogen-bond donors (Lipinski definition) is 2. The van der Waals surface area contributed by atoms with Crippen molar-refractivity contribution in [1.29, 1.82) is 0 Å². The van der Waals surface area contributed by atoms with Gasteiger partial charge < -0.3 is 15.8 Å². The quantitative estimate of drug-likeness (QED) is 0.641. The van der Waals surface area contributed by atoms with E-state index in [2.05, 4.69) is 5.32 Å². The van der Waals surface area contributed by atoms with E-state index in [1.807, 2.05) is 24.3 Å². The van der Waals surface area contributed by atoms with Crippen molar-refractivity contribution in [2.75, 3.05) is 5.73 Å². The first-order valence-electron chi connectivity index (χ1n) is 6.70. The predicted molar refractivity (Wildman–Crippen MR) is 74.3 cm³/mol. The van der Waals surface area contributed by atoms with E-state index in [9.17, 15) is 4.79 Å². The number of carbonyl (C=O) groups excluding carboxylic acids is 1. The Bertz CT molecular complexity index is 495. The smallest absolute Gasteiger partial charge is 0.244 e. The molecule has 4 nitrogen and oxygen atoms in total. The van der Waals surface area contributed by atoms with Gasteiger partial charge in [0.2, 0.25) is 5.91 Å². The van der Waals surface area contributed by atoms with Gasteiger partial charge in [-0.1, -0.05) is 12.1 Å². The molecular formula is C15H18N2O2. The lowest BCUT2D eigenvalue weighted by Gasteiger charge is -2.18. The third kappa shape index (κ3) is 2.79. The van der Waals surface area contributed by atoms with E-state index in [4.69, 9.17) is 10.5 Å². The molecule has 2 aliphatic rings. The van der Waals surface area contributed by atoms with Crippen LogP contribution in [-0.2, 0) is 9.53 Å². The van der Waals surface area contributed by atoms with E-state index in [1.165, 1.54) is 0 Å². The van der Waals surface area contributed by atoms with Crippen molar-refractivity contribution in [3.63, 3.8) is 0 Å². The number of benzene rings is 1. The molecule has 2 fully saturated rings. The number of fused-ring (bicyclic) bond motifs is 2. The lowest BCUT2D eigenvalue weighted by atomic mass is 9.95. The SMILES string of the molecule is Nc1ccc(/C=C/C(=O)NC2CC3CCC2O3)cc1. The Morgan fingerprint density at radius 2 is 2.11 bits per heavy atom. The molecule has 0 aromatic heterocycles. The summed E-state index contributed by atoms with van der Waals surface area (Å²) in [4.78, 5) is 11.8. The highest BCUT2D eigenvalue weighted by molar-refractivity contribution is 5.92. The number of nitrogens with one attached hydrogen (secondary N) is 1. The molecule has 2 aliphatic heterocycles. The largest absolute Gasteiger partial charge is 0.399 e. The molecule has 3 unspecified atom stereocenters. The molecular weight excluding hydrogens is 240 g/mol. The zero-order chi connectivity index (χ0) is 13.2. The molecule has 1 aromatic carbocycles. The van der Waals surface area contributed by atoms with Crippen LogP contribution in [0.5, 0.6) is 0 Å². The third-order valence-corrected chi connectivity index (χ3v) is 3.80. The van der Waals surface area contributed by atoms with Gasteiger partial charge in [-0.3, -0.25) is 4.79 Å². The van der Waals surface area contributed by atoms with E-state index < -0.39 is 0 Å². The van der Waals surface area contributed by atoms with Gasteiger partial charge in [-0.05, 0) is 43.0 Å². The Balaban J connectivity index is 1.55. The minimum atomic E-state index is -0.0574. The summed E-state index contributed by atoms with van der Waals surface area (Å²) < 4.78 is 5.71. The van der Waals surface area contributed by atoms with Crippen LogP contribution in [0.3, 0.4) is 0 Å². The molecule has 0 spiro atoms. The van der Waals surface area contributed by atoms with Crippen LogP contribution < -0.4 is 11.1 Å². The second-order valence-electron chi connectivity index (χ2n) is 5.22. The lowest BCUT2D eigenvalue weighted by Crippen LogP contribution is -2.40. The zero-order valence-corrected chi connectivity index (χ0v) is 10.7. The van der Waals surface area contributed by atoms with Gasteiger partial charge in [0.15, 0.2) is 0 Å². The molecule has 100 valence electrons. The zero-order valence-electron chi connectivity index (χ0n) is 10.7. The van der Waals surface area contributed by atoms with Gasteiger partial charge in [-0.15, -0.1) is 0 Å². The normalized spacial score (nSPS) is 28.9. The van der Waals surface area contributed by atoms with Crippen LogP contribution in [0.1, 0.15) is 24.8 Å². The van der Waals surface area contributed by atoms with Gasteiger partial charge in [0, 0.05) is 11.8 Å². The van der Waals surface area contributed by atoms with Crippen molar-refractivity contribution < 1.29 is 9.53 Å². The summed E-state index contributed by atoms with van der Waals surface area (Å²) in [6.45, 7) is 0. The number of ether oxygens (including phenoxy) is 1. The highest BCUT2D eigenvalue weighted by Crippen LogP contribution is 2.34. The highest BCUT2D eigenvalue weighted by Gasteiger charge is 2.41. The standard InChI is InChI=1S/C15H18N2O2/c16-11-4-1-10(2-5-11)3-8-15(18)17-13-9-12-6-7-14(13)19-12/h1-5,8,12-14H,6-7,9,16H2,(H,17,18)/b8-3+. The van der Waals surface area contributed by atoms with Gasteiger partial charge in [-0.2, -0.15) is 0 Å². The Kier molecular flexibility index (Phi) is 3.25. The van der Waals surface area contributed by atoms with Crippen LogP contribution in [-0.4, -0.2) is 24.2 Å². The summed E-state index contributed by atoms with van der Waals surface area (Å²) >= 11 is 0. The van der Waals surface area contributed by atoms with Gasteiger partial charge in [0.25, 0.3) is 0 Å². The number of nitrogens with two attached hydrogens (primary N) is 1. The molecule has 2 bridgehead atoms. The number of carbonyl (C=O) groups is 1. The number of hydrogen-bond acceptors (Lipinski definition) is 3. The van der Waals surface area contributed by atoms with Crippen LogP contribution >= 0.6 is 0 Å². The summed E-state index contributed by atoms with van der Waals surface area (Å²) in [6.07, 6.45) is 7.09. The van der Waals surface area contributed by atoms with Crippen molar-refractivity contribution >= 4 is 17.7 Å². The Hall–Kier alpha value is -1.81. The minimum Gasteiger partial charge on any atom is -0.399 e. The molecule has 3 atom stereocenters. The van der Waals surface area contributed by atoms with Crippen LogP contribution in [0.15, 0.2) is 30.3 Å². The third-order valence-electron chi connectivity index (χ3n) is 3.80. The molecule has 19 heavy (non-hydrogen) atoms. The topological polar surface area (TPSA) is 64.4 Å². The fourth-order valence-electron chi connectivity index (χ4n) is 2.80. The van der Waals surface area contributed by atoms with Crippen molar-refractivity contribution in [2.45, 2.75) is 37.5 Å². The van der Waals surface area contributed by atoms with Gasteiger partial charge in [0.1, 0.15) is 0 Å². The van der Waals surface area contributed by atoms with Crippen LogP contribution in [0, 0.1) is 0 Å². The van der Waals surface area contributed by atoms with Crippen molar-refractivity contribution in [3.8, 4) is 0 Å². The van der Waals surface area contributed by atoms with E-state index in [0.29, 0.717) is 6.10 Å². The molecule has 3 N–H and O–H groups in total.